The molecule has 7 nitrogen and oxygen atoms in total. The molecule has 1 atom stereocenters. The van der Waals surface area contributed by atoms with Gasteiger partial charge in [-0.15, -0.1) is 0 Å². The Balaban J connectivity index is 1.83. The van der Waals surface area contributed by atoms with Gasteiger partial charge in [-0.3, -0.25) is 0 Å². The van der Waals surface area contributed by atoms with Crippen molar-refractivity contribution in [1.82, 2.24) is 29.6 Å². The van der Waals surface area contributed by atoms with Crippen molar-refractivity contribution < 1.29 is 4.74 Å². The molecule has 3 rings (SSSR count). The summed E-state index contributed by atoms with van der Waals surface area (Å²) in [5, 5.41) is 15.8. The maximum absolute atomic E-state index is 5.12. The van der Waals surface area contributed by atoms with E-state index in [1.165, 1.54) is 0 Å². The molecule has 0 N–H and O–H groups in total. The molecule has 0 fully saturated rings. The highest BCUT2D eigenvalue weighted by atomic mass is 33.1. The predicted octanol–water partition coefficient (Wildman–Crippen LogP) is 2.73. The maximum Gasteiger partial charge on any atom is 0.268 e. The third-order valence-corrected chi connectivity index (χ3v) is 5.77. The van der Waals surface area contributed by atoms with Gasteiger partial charge in [-0.1, -0.05) is 18.4 Å². The lowest BCUT2D eigenvalue weighted by molar-refractivity contribution is 0.399. The molecule has 0 bridgehead atoms. The summed E-state index contributed by atoms with van der Waals surface area (Å²) in [6, 6.07) is 3.81. The zero-order valence-corrected chi connectivity index (χ0v) is 13.4. The Bertz CT molecular complexity index is 740. The molecule has 3 aromatic heterocycles. The van der Waals surface area contributed by atoms with Crippen LogP contribution in [0.5, 0.6) is 5.88 Å². The number of aryl methyl sites for hydroxylation is 1. The number of rotatable bonds is 6. The molecule has 3 heterocycles. The Morgan fingerprint density at radius 1 is 1.38 bits per heavy atom. The summed E-state index contributed by atoms with van der Waals surface area (Å²) in [6.45, 7) is 2.98. The number of methoxy groups -OCH3 is 1. The first-order chi connectivity index (χ1) is 10.3. The van der Waals surface area contributed by atoms with Crippen LogP contribution in [0.15, 0.2) is 22.7 Å². The standard InChI is InChI=1S/C12H15N6OS2/c1-3-4-7-18-12(14-16-17-18)20-21-8-9-5-6-10(19-2)13-11(9)15-21/h5-6,8H,3-4,7H2,1-2H3/q+1. The number of fused-ring (bicyclic) bond motifs is 1. The number of tetrazole rings is 1. The summed E-state index contributed by atoms with van der Waals surface area (Å²) < 4.78 is 11.5. The Labute approximate surface area is 128 Å². The summed E-state index contributed by atoms with van der Waals surface area (Å²) in [5.74, 6) is 0.578. The Morgan fingerprint density at radius 2 is 2.29 bits per heavy atom. The van der Waals surface area contributed by atoms with Gasteiger partial charge in [0.15, 0.2) is 15.1 Å². The van der Waals surface area contributed by atoms with Crippen molar-refractivity contribution in [3.05, 3.63) is 17.5 Å². The molecule has 0 aromatic carbocycles. The van der Waals surface area contributed by atoms with Gasteiger partial charge >= 0.3 is 0 Å². The van der Waals surface area contributed by atoms with Gasteiger partial charge in [0.05, 0.1) is 12.5 Å². The van der Waals surface area contributed by atoms with E-state index < -0.39 is 0 Å². The monoisotopic (exact) mass is 323 g/mol. The van der Waals surface area contributed by atoms with Crippen molar-refractivity contribution >= 4 is 31.5 Å². The fourth-order valence-electron chi connectivity index (χ4n) is 1.76. The largest absolute Gasteiger partial charge is 0.481 e. The second kappa shape index (κ2) is 6.35. The van der Waals surface area contributed by atoms with Crippen molar-refractivity contribution in [3.8, 4) is 5.88 Å². The molecular weight excluding hydrogens is 308 g/mol. The van der Waals surface area contributed by atoms with Crippen LogP contribution in [0, 0.1) is 0 Å². The lowest BCUT2D eigenvalue weighted by Gasteiger charge is -1.97. The van der Waals surface area contributed by atoms with E-state index in [0.29, 0.717) is 5.88 Å². The van der Waals surface area contributed by atoms with E-state index in [-0.39, 0.29) is 9.70 Å². The number of pyridine rings is 1. The average Bonchev–Trinajstić information content (AvgIpc) is 3.10. The third kappa shape index (κ3) is 3.13. The fraction of sp³-hybridized carbons (Fsp3) is 0.417. The zero-order valence-electron chi connectivity index (χ0n) is 11.8. The van der Waals surface area contributed by atoms with Gasteiger partial charge in [-0.2, -0.15) is 4.98 Å². The van der Waals surface area contributed by atoms with Crippen LogP contribution in [0.3, 0.4) is 0 Å². The van der Waals surface area contributed by atoms with Crippen LogP contribution in [-0.4, -0.2) is 36.7 Å². The summed E-state index contributed by atoms with van der Waals surface area (Å²) >= 11 is 0. The van der Waals surface area contributed by atoms with Crippen LogP contribution < -0.4 is 4.74 Å². The van der Waals surface area contributed by atoms with E-state index in [1.54, 1.807) is 17.9 Å². The van der Waals surface area contributed by atoms with E-state index in [0.717, 1.165) is 35.6 Å². The van der Waals surface area contributed by atoms with Gasteiger partial charge in [0, 0.05) is 12.6 Å². The molecule has 3 aromatic rings. The van der Waals surface area contributed by atoms with Crippen LogP contribution in [0.25, 0.3) is 11.0 Å². The Kier molecular flexibility index (Phi) is 4.30. The third-order valence-electron chi connectivity index (χ3n) is 2.88. The van der Waals surface area contributed by atoms with Crippen molar-refractivity contribution in [3.63, 3.8) is 0 Å². The predicted molar refractivity (Wildman–Crippen MR) is 82.5 cm³/mol. The minimum Gasteiger partial charge on any atom is -0.481 e. The number of unbranched alkanes of at least 4 members (excludes halogenated alkanes) is 1. The normalized spacial score (nSPS) is 12.0. The highest BCUT2D eigenvalue weighted by Crippen LogP contribution is 2.38. The molecule has 0 spiro atoms. The number of hydrogen-bond donors (Lipinski definition) is 0. The molecule has 110 valence electrons. The molecule has 0 aliphatic carbocycles. The lowest BCUT2D eigenvalue weighted by atomic mass is 10.3. The SMILES string of the molecule is CCCCn1nnnc1S[s+]1cc2ccc(OC)nc2n1. The average molecular weight is 323 g/mol. The zero-order chi connectivity index (χ0) is 14.7. The smallest absolute Gasteiger partial charge is 0.268 e. The second-order valence-corrected chi connectivity index (χ2v) is 7.40. The highest BCUT2D eigenvalue weighted by molar-refractivity contribution is 8.44. The molecule has 0 saturated heterocycles. The molecule has 0 aliphatic heterocycles. The van der Waals surface area contributed by atoms with Gasteiger partial charge in [0.25, 0.3) is 5.16 Å². The summed E-state index contributed by atoms with van der Waals surface area (Å²) in [4.78, 5) is 4.34. The van der Waals surface area contributed by atoms with E-state index >= 15 is 0 Å². The minimum atomic E-state index is -0.344. The summed E-state index contributed by atoms with van der Waals surface area (Å²) in [5.41, 5.74) is 0.720. The van der Waals surface area contributed by atoms with Crippen LogP contribution >= 0.6 is 20.5 Å². The molecule has 1 unspecified atom stereocenters. The van der Waals surface area contributed by atoms with Crippen LogP contribution in [0.2, 0.25) is 0 Å². The summed E-state index contributed by atoms with van der Waals surface area (Å²) in [7, 11) is 2.81. The molecule has 0 aliphatic rings. The number of hydrogen-bond acceptors (Lipinski definition) is 7. The van der Waals surface area contributed by atoms with Gasteiger partial charge in [0.2, 0.25) is 22.3 Å². The second-order valence-electron chi connectivity index (χ2n) is 4.37. The van der Waals surface area contributed by atoms with Crippen LogP contribution in [-0.2, 0) is 6.54 Å². The van der Waals surface area contributed by atoms with E-state index in [2.05, 4.69) is 37.2 Å². The van der Waals surface area contributed by atoms with E-state index in [4.69, 9.17) is 4.74 Å². The van der Waals surface area contributed by atoms with Crippen molar-refractivity contribution in [2.45, 2.75) is 31.5 Å². The molecule has 0 saturated carbocycles. The van der Waals surface area contributed by atoms with Crippen molar-refractivity contribution in [1.29, 1.82) is 0 Å². The van der Waals surface area contributed by atoms with E-state index in [9.17, 15) is 0 Å². The van der Waals surface area contributed by atoms with Gasteiger partial charge in [0.1, 0.15) is 0 Å². The molecule has 0 amide bonds. The Hall–Kier alpha value is -1.74. The molecule has 9 heteroatoms. The van der Waals surface area contributed by atoms with Gasteiger partial charge in [-0.05, 0) is 27.3 Å². The number of ether oxygens (including phenoxy) is 1. The lowest BCUT2D eigenvalue weighted by Crippen LogP contribution is -2.01. The molecular formula is C12H15N6OS2+. The van der Waals surface area contributed by atoms with E-state index in [1.807, 2.05) is 16.8 Å². The number of aromatic nitrogens is 6. The van der Waals surface area contributed by atoms with Crippen LogP contribution in [0.1, 0.15) is 19.8 Å². The van der Waals surface area contributed by atoms with Gasteiger partial charge in [-0.25, -0.2) is 4.68 Å². The summed E-state index contributed by atoms with van der Waals surface area (Å²) in [6.07, 6.45) is 2.17. The van der Waals surface area contributed by atoms with Gasteiger partial charge < -0.3 is 4.74 Å². The first-order valence-electron chi connectivity index (χ1n) is 6.59. The number of nitrogens with zero attached hydrogens (tertiary/aromatic N) is 6. The highest BCUT2D eigenvalue weighted by Gasteiger charge is 2.21. The van der Waals surface area contributed by atoms with Crippen molar-refractivity contribution in [2.24, 2.45) is 0 Å². The quantitative estimate of drug-likeness (QED) is 0.510. The topological polar surface area (TPSA) is 78.6 Å². The first-order valence-corrected chi connectivity index (χ1v) is 9.17. The molecule has 21 heavy (non-hydrogen) atoms. The Morgan fingerprint density at radius 3 is 3.10 bits per heavy atom. The first kappa shape index (κ1) is 14.2. The fourth-order valence-corrected chi connectivity index (χ4v) is 4.65. The molecule has 0 radical (unpaired) electrons. The van der Waals surface area contributed by atoms with Crippen molar-refractivity contribution in [2.75, 3.05) is 7.11 Å². The van der Waals surface area contributed by atoms with Crippen LogP contribution in [0.4, 0.5) is 0 Å². The minimum absolute atomic E-state index is 0.344. The maximum atomic E-state index is 5.12.